The number of benzene rings is 3. The normalized spacial score (nSPS) is 17.6. The quantitative estimate of drug-likeness (QED) is 0.195. The molecule has 214 valence electrons. The van der Waals surface area contributed by atoms with Crippen LogP contribution in [0, 0.1) is 5.92 Å². The summed E-state index contributed by atoms with van der Waals surface area (Å²) in [4.78, 5) is 21.2. The van der Waals surface area contributed by atoms with Crippen LogP contribution in [-0.2, 0) is 4.79 Å². The summed E-state index contributed by atoms with van der Waals surface area (Å²) < 4.78 is 43.3. The Labute approximate surface area is 244 Å². The van der Waals surface area contributed by atoms with Crippen LogP contribution in [0.15, 0.2) is 107 Å². The molecule has 0 atom stereocenters. The number of allylic oxidation sites excluding steroid dienone is 5. The number of ether oxygens (including phenoxy) is 1. The number of nitrogens with zero attached hydrogens (tertiary/aromatic N) is 4. The number of hydrazone groups is 1. The van der Waals surface area contributed by atoms with Crippen molar-refractivity contribution in [2.45, 2.75) is 20.2 Å². The van der Waals surface area contributed by atoms with E-state index in [1.807, 2.05) is 42.5 Å². The lowest BCUT2D eigenvalue weighted by molar-refractivity contribution is -0.274. The topological polar surface area (TPSA) is 80.9 Å². The zero-order valence-corrected chi connectivity index (χ0v) is 23.5. The van der Waals surface area contributed by atoms with Crippen molar-refractivity contribution in [2.75, 3.05) is 5.75 Å². The lowest BCUT2D eigenvalue weighted by atomic mass is 10.0. The first-order valence-electron chi connectivity index (χ1n) is 13.0. The largest absolute Gasteiger partial charge is 0.573 e. The summed E-state index contributed by atoms with van der Waals surface area (Å²) in [7, 11) is 0. The molecule has 7 nitrogen and oxygen atoms in total. The highest BCUT2D eigenvalue weighted by Crippen LogP contribution is 2.29. The molecule has 0 amide bonds. The van der Waals surface area contributed by atoms with Gasteiger partial charge in [-0.2, -0.15) is 5.10 Å². The van der Waals surface area contributed by atoms with Crippen LogP contribution in [0.1, 0.15) is 19.4 Å². The number of thioether (sulfide) groups is 1. The fourth-order valence-electron chi connectivity index (χ4n) is 4.22. The van der Waals surface area contributed by atoms with Gasteiger partial charge in [0, 0.05) is 17.3 Å². The number of amidine groups is 1. The molecule has 0 bridgehead atoms. The monoisotopic (exact) mass is 589 g/mol. The maximum atomic E-state index is 12.5. The predicted octanol–water partition coefficient (Wildman–Crippen LogP) is 7.33. The van der Waals surface area contributed by atoms with Gasteiger partial charge in [0.2, 0.25) is 0 Å². The molecule has 42 heavy (non-hydrogen) atoms. The van der Waals surface area contributed by atoms with Gasteiger partial charge in [0.05, 0.1) is 23.0 Å². The predicted molar refractivity (Wildman–Crippen MR) is 162 cm³/mol. The van der Waals surface area contributed by atoms with Crippen molar-refractivity contribution in [1.29, 1.82) is 0 Å². The number of ketones is 1. The van der Waals surface area contributed by atoms with E-state index in [0.717, 1.165) is 32.9 Å². The number of nitrogens with one attached hydrogen (secondary N) is 1. The maximum Gasteiger partial charge on any atom is 0.573 e. The minimum atomic E-state index is -4.74. The molecule has 5 rings (SSSR count). The molecule has 1 N–H and O–H groups in total. The SMILES string of the molecule is CC(C)C1=C\N=C(N/N=C/c2ccc3c(ccc4c3ncn4-c3ccc(OC(F)(F)F)cc3)c2)SCC(=O)/C=C/C=C\1. The van der Waals surface area contributed by atoms with E-state index >= 15 is 0 Å². The molecule has 4 aromatic rings. The molecule has 0 fully saturated rings. The van der Waals surface area contributed by atoms with Crippen molar-refractivity contribution in [2.24, 2.45) is 16.0 Å². The third-order valence-corrected chi connectivity index (χ3v) is 7.21. The molecular formula is C31H26F3N5O2S. The third kappa shape index (κ3) is 7.16. The fourth-order valence-corrected chi connectivity index (χ4v) is 4.84. The summed E-state index contributed by atoms with van der Waals surface area (Å²) in [5.41, 5.74) is 7.04. The average Bonchev–Trinajstić information content (AvgIpc) is 3.37. The minimum Gasteiger partial charge on any atom is -0.406 e. The smallest absolute Gasteiger partial charge is 0.406 e. The van der Waals surface area contributed by atoms with Gasteiger partial charge in [-0.1, -0.05) is 62.0 Å². The van der Waals surface area contributed by atoms with Gasteiger partial charge in [-0.25, -0.2) is 9.98 Å². The number of halogens is 3. The van der Waals surface area contributed by atoms with Crippen molar-refractivity contribution >= 4 is 50.7 Å². The first kappa shape index (κ1) is 28.9. The second-order valence-electron chi connectivity index (χ2n) is 9.63. The fraction of sp³-hybridized carbons (Fsp3) is 0.161. The molecule has 0 aliphatic carbocycles. The highest BCUT2D eigenvalue weighted by atomic mass is 32.2. The van der Waals surface area contributed by atoms with E-state index in [2.05, 4.69) is 39.1 Å². The van der Waals surface area contributed by atoms with Crippen LogP contribution >= 0.6 is 11.8 Å². The minimum absolute atomic E-state index is 0.0214. The van der Waals surface area contributed by atoms with E-state index < -0.39 is 6.36 Å². The van der Waals surface area contributed by atoms with Crippen LogP contribution in [0.25, 0.3) is 27.5 Å². The van der Waals surface area contributed by atoms with Crippen LogP contribution in [0.5, 0.6) is 5.75 Å². The number of rotatable bonds is 5. The second kappa shape index (κ2) is 12.5. The van der Waals surface area contributed by atoms with Crippen molar-refractivity contribution in [3.63, 3.8) is 0 Å². The van der Waals surface area contributed by atoms with E-state index in [0.29, 0.717) is 10.9 Å². The number of alkyl halides is 3. The number of hydrogen-bond donors (Lipinski definition) is 1. The Morgan fingerprint density at radius 1 is 1.07 bits per heavy atom. The van der Waals surface area contributed by atoms with Crippen LogP contribution in [0.2, 0.25) is 0 Å². The van der Waals surface area contributed by atoms with Gasteiger partial charge >= 0.3 is 6.36 Å². The molecule has 0 radical (unpaired) electrons. The lowest BCUT2D eigenvalue weighted by Crippen LogP contribution is -2.17. The molecular weight excluding hydrogens is 563 g/mol. The number of hydrogen-bond acceptors (Lipinski definition) is 7. The molecule has 11 heteroatoms. The Bertz CT molecular complexity index is 1770. The van der Waals surface area contributed by atoms with E-state index in [1.165, 1.54) is 23.9 Å². The zero-order valence-electron chi connectivity index (χ0n) is 22.7. The van der Waals surface area contributed by atoms with Crippen LogP contribution in [0.4, 0.5) is 13.2 Å². The Kier molecular flexibility index (Phi) is 8.58. The van der Waals surface area contributed by atoms with Crippen molar-refractivity contribution in [3.05, 3.63) is 103 Å². The Morgan fingerprint density at radius 3 is 2.62 bits per heavy atom. The van der Waals surface area contributed by atoms with Gasteiger partial charge in [-0.15, -0.1) is 13.2 Å². The summed E-state index contributed by atoms with van der Waals surface area (Å²) in [6.07, 6.45) is 7.41. The van der Waals surface area contributed by atoms with E-state index in [9.17, 15) is 18.0 Å². The molecule has 0 saturated carbocycles. The first-order valence-corrected chi connectivity index (χ1v) is 14.0. The van der Waals surface area contributed by atoms with E-state index in [4.69, 9.17) is 0 Å². The van der Waals surface area contributed by atoms with Gasteiger partial charge in [-0.3, -0.25) is 14.8 Å². The lowest BCUT2D eigenvalue weighted by Gasteiger charge is -2.10. The van der Waals surface area contributed by atoms with Crippen molar-refractivity contribution in [3.8, 4) is 11.4 Å². The second-order valence-corrected chi connectivity index (χ2v) is 10.6. The van der Waals surface area contributed by atoms with Crippen LogP contribution in [-0.4, -0.2) is 38.8 Å². The molecule has 2 heterocycles. The number of carbonyl (C=O) groups excluding carboxylic acids is 1. The molecule has 3 aromatic carbocycles. The molecule has 1 aliphatic heterocycles. The first-order chi connectivity index (χ1) is 20.2. The highest BCUT2D eigenvalue weighted by molar-refractivity contribution is 8.14. The van der Waals surface area contributed by atoms with Crippen molar-refractivity contribution < 1.29 is 22.7 Å². The molecule has 0 saturated heterocycles. The number of carbonyl (C=O) groups is 1. The third-order valence-electron chi connectivity index (χ3n) is 6.31. The maximum absolute atomic E-state index is 12.5. The van der Waals surface area contributed by atoms with Gasteiger partial charge in [0.1, 0.15) is 12.1 Å². The molecule has 0 spiro atoms. The summed E-state index contributed by atoms with van der Waals surface area (Å²) >= 11 is 1.28. The Hall–Kier alpha value is -4.64. The van der Waals surface area contributed by atoms with Gasteiger partial charge in [0.25, 0.3) is 0 Å². The molecule has 1 aliphatic rings. The van der Waals surface area contributed by atoms with E-state index in [1.54, 1.807) is 47.6 Å². The average molecular weight is 590 g/mol. The van der Waals surface area contributed by atoms with Gasteiger partial charge < -0.3 is 4.74 Å². The van der Waals surface area contributed by atoms with Gasteiger partial charge in [-0.05, 0) is 64.9 Å². The number of imidazole rings is 1. The Balaban J connectivity index is 1.35. The number of fused-ring (bicyclic) bond motifs is 3. The molecule has 1 aromatic heterocycles. The standard InChI is InChI=1S/C31H26F3N5O2S/c1-20(2)23-5-3-4-6-25(40)18-42-30(35-17-23)38-37-16-21-7-13-27-22(15-21)8-14-28-29(27)36-19-39(28)24-9-11-26(12-10-24)41-31(32,33)34/h3-17,19-20H,18H2,1-2H3,(H,35,38)/b5-3-,6-4+,23-17-,37-16+. The van der Waals surface area contributed by atoms with Crippen molar-refractivity contribution in [1.82, 2.24) is 15.0 Å². The number of aromatic nitrogens is 2. The highest BCUT2D eigenvalue weighted by Gasteiger charge is 2.31. The summed E-state index contributed by atoms with van der Waals surface area (Å²) in [5.74, 6) is 0.192. The van der Waals surface area contributed by atoms with Gasteiger partial charge in [0.15, 0.2) is 11.0 Å². The number of aliphatic imine (C=N–C) groups is 1. The zero-order chi connectivity index (χ0) is 29.7. The van der Waals surface area contributed by atoms with Crippen LogP contribution in [0.3, 0.4) is 0 Å². The van der Waals surface area contributed by atoms with E-state index in [-0.39, 0.29) is 23.2 Å². The van der Waals surface area contributed by atoms with Crippen LogP contribution < -0.4 is 10.2 Å². The summed E-state index contributed by atoms with van der Waals surface area (Å²) in [6.45, 7) is 4.15. The summed E-state index contributed by atoms with van der Waals surface area (Å²) in [5, 5.41) is 6.72. The molecule has 0 unspecified atom stereocenters. The Morgan fingerprint density at radius 2 is 1.86 bits per heavy atom. The summed E-state index contributed by atoms with van der Waals surface area (Å²) in [6, 6.07) is 15.3.